The van der Waals surface area contributed by atoms with Crippen LogP contribution in [0.2, 0.25) is 0 Å². The molecule has 21 heavy (non-hydrogen) atoms. The number of carbonyl (C=O) groups excluding carboxylic acids is 1. The van der Waals surface area contributed by atoms with Gasteiger partial charge in [-0.1, -0.05) is 68.1 Å². The molecule has 0 aliphatic rings. The molecule has 0 saturated heterocycles. The highest BCUT2D eigenvalue weighted by atomic mass is 16.5. The predicted molar refractivity (Wildman–Crippen MR) is 86.0 cm³/mol. The summed E-state index contributed by atoms with van der Waals surface area (Å²) >= 11 is 0. The quantitative estimate of drug-likeness (QED) is 0.584. The first-order valence-corrected chi connectivity index (χ1v) is 7.20. The average Bonchev–Trinajstić information content (AvgIpc) is 2.53. The average molecular weight is 280 g/mol. The SMILES string of the molecule is C=C(C(=O)OCCC)c1ccc(Cc2ccccc2)cc1. The van der Waals surface area contributed by atoms with Gasteiger partial charge in [-0.05, 0) is 29.5 Å². The molecular weight excluding hydrogens is 260 g/mol. The molecule has 0 heterocycles. The summed E-state index contributed by atoms with van der Waals surface area (Å²) in [7, 11) is 0. The van der Waals surface area contributed by atoms with Gasteiger partial charge in [0.1, 0.15) is 0 Å². The molecule has 2 heteroatoms. The maximum atomic E-state index is 11.8. The van der Waals surface area contributed by atoms with Crippen molar-refractivity contribution in [3.63, 3.8) is 0 Å². The highest BCUT2D eigenvalue weighted by Gasteiger charge is 2.10. The van der Waals surface area contributed by atoms with Gasteiger partial charge in [0.05, 0.1) is 12.2 Å². The predicted octanol–water partition coefficient (Wildman–Crippen LogP) is 4.24. The van der Waals surface area contributed by atoms with Gasteiger partial charge in [0, 0.05) is 0 Å². The summed E-state index contributed by atoms with van der Waals surface area (Å²) in [5, 5.41) is 0. The van der Waals surface area contributed by atoms with Gasteiger partial charge >= 0.3 is 5.97 Å². The highest BCUT2D eigenvalue weighted by Crippen LogP contribution is 2.17. The normalized spacial score (nSPS) is 10.1. The maximum absolute atomic E-state index is 11.8. The lowest BCUT2D eigenvalue weighted by Crippen LogP contribution is -2.07. The number of hydrogen-bond acceptors (Lipinski definition) is 2. The number of ether oxygens (including phenoxy) is 1. The minimum atomic E-state index is -0.340. The largest absolute Gasteiger partial charge is 0.462 e. The molecular formula is C19H20O2. The summed E-state index contributed by atoms with van der Waals surface area (Å²) in [6.45, 7) is 6.22. The first kappa shape index (κ1) is 15.0. The van der Waals surface area contributed by atoms with Crippen LogP contribution in [0.4, 0.5) is 0 Å². The highest BCUT2D eigenvalue weighted by molar-refractivity contribution is 6.15. The van der Waals surface area contributed by atoms with Crippen LogP contribution in [-0.4, -0.2) is 12.6 Å². The molecule has 0 aliphatic heterocycles. The van der Waals surface area contributed by atoms with Crippen molar-refractivity contribution >= 4 is 11.5 Å². The molecule has 2 rings (SSSR count). The minimum absolute atomic E-state index is 0.340. The first-order valence-electron chi connectivity index (χ1n) is 7.20. The fraction of sp³-hybridized carbons (Fsp3) is 0.211. The fourth-order valence-electron chi connectivity index (χ4n) is 2.06. The van der Waals surface area contributed by atoms with E-state index in [1.165, 1.54) is 11.1 Å². The topological polar surface area (TPSA) is 26.3 Å². The van der Waals surface area contributed by atoms with Crippen molar-refractivity contribution < 1.29 is 9.53 Å². The van der Waals surface area contributed by atoms with Crippen LogP contribution >= 0.6 is 0 Å². The molecule has 0 bridgehead atoms. The monoisotopic (exact) mass is 280 g/mol. The van der Waals surface area contributed by atoms with E-state index in [1.807, 2.05) is 49.4 Å². The number of benzene rings is 2. The second-order valence-electron chi connectivity index (χ2n) is 4.97. The Bertz CT molecular complexity index is 597. The van der Waals surface area contributed by atoms with Crippen LogP contribution in [0.1, 0.15) is 30.0 Å². The Hall–Kier alpha value is -2.35. The van der Waals surface area contributed by atoms with Gasteiger partial charge in [-0.15, -0.1) is 0 Å². The van der Waals surface area contributed by atoms with Crippen LogP contribution in [0.15, 0.2) is 61.2 Å². The van der Waals surface area contributed by atoms with Gasteiger partial charge in [0.15, 0.2) is 0 Å². The minimum Gasteiger partial charge on any atom is -0.462 e. The van der Waals surface area contributed by atoms with Gasteiger partial charge < -0.3 is 4.74 Å². The molecule has 2 nitrogen and oxygen atoms in total. The molecule has 0 aliphatic carbocycles. The van der Waals surface area contributed by atoms with Crippen LogP contribution < -0.4 is 0 Å². The molecule has 0 fully saturated rings. The number of carbonyl (C=O) groups is 1. The molecule has 0 radical (unpaired) electrons. The summed E-state index contributed by atoms with van der Waals surface area (Å²) in [6.07, 6.45) is 1.70. The Balaban J connectivity index is 2.02. The second kappa shape index (κ2) is 7.44. The lowest BCUT2D eigenvalue weighted by Gasteiger charge is -2.07. The lowest BCUT2D eigenvalue weighted by atomic mass is 10.0. The standard InChI is InChI=1S/C19H20O2/c1-3-13-21-19(20)15(2)18-11-9-17(10-12-18)14-16-7-5-4-6-8-16/h4-12H,2-3,13-14H2,1H3. The van der Waals surface area contributed by atoms with Crippen LogP contribution in [-0.2, 0) is 16.0 Å². The third kappa shape index (κ3) is 4.32. The summed E-state index contributed by atoms with van der Waals surface area (Å²) in [5.41, 5.74) is 3.70. The molecule has 108 valence electrons. The molecule has 0 N–H and O–H groups in total. The number of hydrogen-bond donors (Lipinski definition) is 0. The van der Waals surface area contributed by atoms with Gasteiger partial charge in [0.25, 0.3) is 0 Å². The van der Waals surface area contributed by atoms with Crippen molar-refractivity contribution in [3.05, 3.63) is 77.9 Å². The molecule has 0 atom stereocenters. The van der Waals surface area contributed by atoms with E-state index in [2.05, 4.69) is 18.7 Å². The van der Waals surface area contributed by atoms with E-state index in [9.17, 15) is 4.79 Å². The Morgan fingerprint density at radius 2 is 1.62 bits per heavy atom. The third-order valence-electron chi connectivity index (χ3n) is 3.24. The molecule has 0 amide bonds. The molecule has 0 saturated carbocycles. The van der Waals surface area contributed by atoms with E-state index in [0.717, 1.165) is 18.4 Å². The second-order valence-corrected chi connectivity index (χ2v) is 4.97. The zero-order chi connectivity index (χ0) is 15.1. The van der Waals surface area contributed by atoms with Crippen molar-refractivity contribution in [2.24, 2.45) is 0 Å². The molecule has 2 aromatic carbocycles. The first-order chi connectivity index (χ1) is 10.2. The van der Waals surface area contributed by atoms with Crippen molar-refractivity contribution in [2.45, 2.75) is 19.8 Å². The summed E-state index contributed by atoms with van der Waals surface area (Å²) in [4.78, 5) is 11.8. The Labute approximate surface area is 126 Å². The Kier molecular flexibility index (Phi) is 5.33. The van der Waals surface area contributed by atoms with Crippen LogP contribution in [0.25, 0.3) is 5.57 Å². The van der Waals surface area contributed by atoms with Crippen LogP contribution in [0.5, 0.6) is 0 Å². The van der Waals surface area contributed by atoms with Crippen LogP contribution in [0, 0.1) is 0 Å². The van der Waals surface area contributed by atoms with E-state index in [1.54, 1.807) is 0 Å². The zero-order valence-electron chi connectivity index (χ0n) is 12.3. The van der Waals surface area contributed by atoms with Gasteiger partial charge in [-0.2, -0.15) is 0 Å². The summed E-state index contributed by atoms with van der Waals surface area (Å²) in [6, 6.07) is 18.2. The van der Waals surface area contributed by atoms with Crippen molar-refractivity contribution in [1.82, 2.24) is 0 Å². The molecule has 0 unspecified atom stereocenters. The zero-order valence-corrected chi connectivity index (χ0v) is 12.3. The number of esters is 1. The Morgan fingerprint density at radius 3 is 2.24 bits per heavy atom. The van der Waals surface area contributed by atoms with Gasteiger partial charge in [0.2, 0.25) is 0 Å². The Morgan fingerprint density at radius 1 is 1.00 bits per heavy atom. The van der Waals surface area contributed by atoms with Gasteiger partial charge in [-0.25, -0.2) is 4.79 Å². The van der Waals surface area contributed by atoms with E-state index in [-0.39, 0.29) is 5.97 Å². The van der Waals surface area contributed by atoms with E-state index in [4.69, 9.17) is 4.74 Å². The molecule has 0 spiro atoms. The van der Waals surface area contributed by atoms with Crippen molar-refractivity contribution in [1.29, 1.82) is 0 Å². The van der Waals surface area contributed by atoms with Gasteiger partial charge in [-0.3, -0.25) is 0 Å². The third-order valence-corrected chi connectivity index (χ3v) is 3.24. The smallest absolute Gasteiger partial charge is 0.338 e. The summed E-state index contributed by atoms with van der Waals surface area (Å²) in [5.74, 6) is -0.340. The van der Waals surface area contributed by atoms with Crippen LogP contribution in [0.3, 0.4) is 0 Å². The van der Waals surface area contributed by atoms with Crippen molar-refractivity contribution in [2.75, 3.05) is 6.61 Å². The lowest BCUT2D eigenvalue weighted by molar-refractivity contribution is -0.136. The summed E-state index contributed by atoms with van der Waals surface area (Å²) < 4.78 is 5.09. The van der Waals surface area contributed by atoms with E-state index in [0.29, 0.717) is 12.2 Å². The van der Waals surface area contributed by atoms with E-state index < -0.39 is 0 Å². The maximum Gasteiger partial charge on any atom is 0.338 e. The molecule has 2 aromatic rings. The number of rotatable bonds is 6. The van der Waals surface area contributed by atoms with Crippen molar-refractivity contribution in [3.8, 4) is 0 Å². The van der Waals surface area contributed by atoms with E-state index >= 15 is 0 Å². The fourth-order valence-corrected chi connectivity index (χ4v) is 2.06. The molecule has 0 aromatic heterocycles.